The number of hydrogen-bond donors (Lipinski definition) is 2. The molecular weight excluding hydrogens is 214 g/mol. The summed E-state index contributed by atoms with van der Waals surface area (Å²) < 4.78 is 0. The van der Waals surface area contributed by atoms with Crippen LogP contribution in [0.1, 0.15) is 53.4 Å². The van der Waals surface area contributed by atoms with Crippen LogP contribution in [-0.2, 0) is 4.79 Å². The molecular formula is C14H27NO2. The smallest absolute Gasteiger partial charge is 0.220 e. The number of aliphatic hydroxyl groups excluding tert-OH is 1. The highest BCUT2D eigenvalue weighted by Crippen LogP contribution is 2.32. The van der Waals surface area contributed by atoms with E-state index in [4.69, 9.17) is 0 Å². The number of carbonyl (C=O) groups is 1. The Hall–Kier alpha value is -0.570. The Morgan fingerprint density at radius 2 is 2.00 bits per heavy atom. The molecule has 0 radical (unpaired) electrons. The predicted octanol–water partition coefficient (Wildman–Crippen LogP) is 2.34. The molecule has 0 saturated heterocycles. The van der Waals surface area contributed by atoms with Gasteiger partial charge < -0.3 is 10.4 Å². The topological polar surface area (TPSA) is 49.3 Å². The van der Waals surface area contributed by atoms with Gasteiger partial charge in [0, 0.05) is 13.0 Å². The van der Waals surface area contributed by atoms with E-state index in [1.165, 1.54) is 0 Å². The van der Waals surface area contributed by atoms with Crippen LogP contribution in [-0.4, -0.2) is 23.7 Å². The van der Waals surface area contributed by atoms with Crippen LogP contribution in [0.2, 0.25) is 0 Å². The standard InChI is InChI=1S/C14H27NO2/c1-10(8-14(2,3)4)7-13(17)15-9-12(16)11-5-6-11/h10-12,16H,5-9H2,1-4H3,(H,15,17). The second-order valence-electron chi connectivity index (χ2n) is 6.78. The number of rotatable bonds is 6. The SMILES string of the molecule is CC(CC(=O)NCC(O)C1CC1)CC(C)(C)C. The second kappa shape index (κ2) is 5.85. The van der Waals surface area contributed by atoms with Gasteiger partial charge in [-0.05, 0) is 36.5 Å². The van der Waals surface area contributed by atoms with E-state index >= 15 is 0 Å². The minimum absolute atomic E-state index is 0.0708. The average molecular weight is 241 g/mol. The summed E-state index contributed by atoms with van der Waals surface area (Å²) in [5.41, 5.74) is 0.271. The Balaban J connectivity index is 2.15. The van der Waals surface area contributed by atoms with Crippen molar-refractivity contribution in [1.82, 2.24) is 5.32 Å². The van der Waals surface area contributed by atoms with E-state index in [0.29, 0.717) is 24.8 Å². The van der Waals surface area contributed by atoms with Crippen molar-refractivity contribution in [3.05, 3.63) is 0 Å². The van der Waals surface area contributed by atoms with Crippen molar-refractivity contribution < 1.29 is 9.90 Å². The summed E-state index contributed by atoms with van der Waals surface area (Å²) in [6.07, 6.45) is 3.49. The molecule has 1 aliphatic carbocycles. The van der Waals surface area contributed by atoms with Gasteiger partial charge in [0.25, 0.3) is 0 Å². The summed E-state index contributed by atoms with van der Waals surface area (Å²) in [6.45, 7) is 9.11. The maximum absolute atomic E-state index is 11.7. The van der Waals surface area contributed by atoms with Crippen LogP contribution >= 0.6 is 0 Å². The van der Waals surface area contributed by atoms with Crippen LogP contribution in [0.3, 0.4) is 0 Å². The molecule has 2 N–H and O–H groups in total. The molecule has 1 rings (SSSR count). The molecule has 0 spiro atoms. The molecule has 2 unspecified atom stereocenters. The quantitative estimate of drug-likeness (QED) is 0.750. The number of hydrogen-bond acceptors (Lipinski definition) is 2. The van der Waals surface area contributed by atoms with Crippen LogP contribution in [0.4, 0.5) is 0 Å². The zero-order valence-corrected chi connectivity index (χ0v) is 11.6. The summed E-state index contributed by atoms with van der Waals surface area (Å²) in [7, 11) is 0. The number of carbonyl (C=O) groups excluding carboxylic acids is 1. The zero-order valence-electron chi connectivity index (χ0n) is 11.6. The summed E-state index contributed by atoms with van der Waals surface area (Å²) in [6, 6.07) is 0. The molecule has 1 fully saturated rings. The van der Waals surface area contributed by atoms with Crippen molar-refractivity contribution in [2.45, 2.75) is 59.5 Å². The van der Waals surface area contributed by atoms with Crippen molar-refractivity contribution in [3.8, 4) is 0 Å². The second-order valence-corrected chi connectivity index (χ2v) is 6.78. The van der Waals surface area contributed by atoms with Crippen molar-refractivity contribution in [3.63, 3.8) is 0 Å². The molecule has 1 amide bonds. The molecule has 0 aromatic heterocycles. The van der Waals surface area contributed by atoms with Crippen LogP contribution in [0.5, 0.6) is 0 Å². The van der Waals surface area contributed by atoms with Gasteiger partial charge in [0.1, 0.15) is 0 Å². The molecule has 0 bridgehead atoms. The van der Waals surface area contributed by atoms with Gasteiger partial charge in [-0.15, -0.1) is 0 Å². The van der Waals surface area contributed by atoms with E-state index in [1.54, 1.807) is 0 Å². The van der Waals surface area contributed by atoms with Crippen molar-refractivity contribution in [2.24, 2.45) is 17.3 Å². The number of amides is 1. The normalized spacial score (nSPS) is 19.8. The number of nitrogens with one attached hydrogen (secondary N) is 1. The zero-order chi connectivity index (χ0) is 13.1. The molecule has 3 nitrogen and oxygen atoms in total. The lowest BCUT2D eigenvalue weighted by molar-refractivity contribution is -0.122. The summed E-state index contributed by atoms with van der Waals surface area (Å²) in [4.78, 5) is 11.7. The molecule has 0 aliphatic heterocycles. The maximum atomic E-state index is 11.7. The summed E-state index contributed by atoms with van der Waals surface area (Å²) in [5, 5.41) is 12.5. The largest absolute Gasteiger partial charge is 0.391 e. The highest BCUT2D eigenvalue weighted by molar-refractivity contribution is 5.76. The van der Waals surface area contributed by atoms with E-state index < -0.39 is 0 Å². The van der Waals surface area contributed by atoms with Crippen LogP contribution in [0.25, 0.3) is 0 Å². The molecule has 3 heteroatoms. The Labute approximate surface area is 105 Å². The number of aliphatic hydroxyl groups is 1. The summed E-state index contributed by atoms with van der Waals surface area (Å²) in [5.74, 6) is 0.900. The van der Waals surface area contributed by atoms with Gasteiger partial charge in [-0.2, -0.15) is 0 Å². The van der Waals surface area contributed by atoms with Gasteiger partial charge in [0.2, 0.25) is 5.91 Å². The third-order valence-electron chi connectivity index (χ3n) is 3.17. The van der Waals surface area contributed by atoms with Crippen molar-refractivity contribution >= 4 is 5.91 Å². The first kappa shape index (κ1) is 14.5. The molecule has 2 atom stereocenters. The highest BCUT2D eigenvalue weighted by atomic mass is 16.3. The van der Waals surface area contributed by atoms with Gasteiger partial charge in [0.05, 0.1) is 6.10 Å². The maximum Gasteiger partial charge on any atom is 0.220 e. The fourth-order valence-corrected chi connectivity index (χ4v) is 2.37. The predicted molar refractivity (Wildman–Crippen MR) is 69.6 cm³/mol. The lowest BCUT2D eigenvalue weighted by Gasteiger charge is -2.23. The van der Waals surface area contributed by atoms with Crippen molar-refractivity contribution in [1.29, 1.82) is 0 Å². The van der Waals surface area contributed by atoms with Crippen LogP contribution < -0.4 is 5.32 Å². The first-order valence-corrected chi connectivity index (χ1v) is 6.72. The van der Waals surface area contributed by atoms with Gasteiger partial charge in [-0.3, -0.25) is 4.79 Å². The minimum Gasteiger partial charge on any atom is -0.391 e. The van der Waals surface area contributed by atoms with E-state index in [-0.39, 0.29) is 17.4 Å². The van der Waals surface area contributed by atoms with E-state index in [0.717, 1.165) is 19.3 Å². The van der Waals surface area contributed by atoms with Gasteiger partial charge in [0.15, 0.2) is 0 Å². The van der Waals surface area contributed by atoms with Crippen LogP contribution in [0, 0.1) is 17.3 Å². The first-order valence-electron chi connectivity index (χ1n) is 6.72. The average Bonchev–Trinajstić information content (AvgIpc) is 2.93. The minimum atomic E-state index is -0.336. The van der Waals surface area contributed by atoms with Crippen LogP contribution in [0.15, 0.2) is 0 Å². The molecule has 17 heavy (non-hydrogen) atoms. The Kier molecular flexibility index (Phi) is 4.99. The van der Waals surface area contributed by atoms with E-state index in [9.17, 15) is 9.90 Å². The Morgan fingerprint density at radius 3 is 2.47 bits per heavy atom. The summed E-state index contributed by atoms with van der Waals surface area (Å²) >= 11 is 0. The van der Waals surface area contributed by atoms with Gasteiger partial charge in [-0.1, -0.05) is 27.7 Å². The van der Waals surface area contributed by atoms with Gasteiger partial charge >= 0.3 is 0 Å². The Morgan fingerprint density at radius 1 is 1.41 bits per heavy atom. The molecule has 0 heterocycles. The third-order valence-corrected chi connectivity index (χ3v) is 3.17. The first-order chi connectivity index (χ1) is 7.78. The van der Waals surface area contributed by atoms with Crippen molar-refractivity contribution in [2.75, 3.05) is 6.54 Å². The molecule has 0 aromatic carbocycles. The fraction of sp³-hybridized carbons (Fsp3) is 0.929. The van der Waals surface area contributed by atoms with E-state index in [2.05, 4.69) is 33.0 Å². The lowest BCUT2D eigenvalue weighted by Crippen LogP contribution is -2.34. The van der Waals surface area contributed by atoms with E-state index in [1.807, 2.05) is 0 Å². The molecule has 1 saturated carbocycles. The molecule has 100 valence electrons. The lowest BCUT2D eigenvalue weighted by atomic mass is 9.84. The fourth-order valence-electron chi connectivity index (χ4n) is 2.37. The molecule has 0 aromatic rings. The molecule has 1 aliphatic rings. The highest BCUT2D eigenvalue weighted by Gasteiger charge is 2.29. The Bertz CT molecular complexity index is 253. The van der Waals surface area contributed by atoms with Gasteiger partial charge in [-0.25, -0.2) is 0 Å². The monoisotopic (exact) mass is 241 g/mol. The third kappa shape index (κ3) is 6.67.